The molecule has 1 fully saturated rings. The van der Waals surface area contributed by atoms with Gasteiger partial charge in [0.2, 0.25) is 0 Å². The molecule has 2 heterocycles. The predicted octanol–water partition coefficient (Wildman–Crippen LogP) is 2.28. The standard InChI is InChI=1S/C17H21N3O3S2/c1-18-17(21)16-10-9-15(24-16)14-8-5-11-20(14)25(22,23)19-12-13-6-3-2-4-7-13/h2-4,6-7,9-10,14,19H,5,8,11-12H2,1H3,(H,18,21)/t14-/m1/s1. The van der Waals surface area contributed by atoms with Crippen LogP contribution in [0.1, 0.15) is 39.0 Å². The zero-order chi connectivity index (χ0) is 17.9. The summed E-state index contributed by atoms with van der Waals surface area (Å²) < 4.78 is 29.6. The normalized spacial score (nSPS) is 18.4. The second-order valence-corrected chi connectivity index (χ2v) is 8.68. The number of amides is 1. The van der Waals surface area contributed by atoms with E-state index in [1.807, 2.05) is 36.4 Å². The van der Waals surface area contributed by atoms with Gasteiger partial charge in [-0.3, -0.25) is 4.79 Å². The highest BCUT2D eigenvalue weighted by Crippen LogP contribution is 2.37. The number of benzene rings is 1. The lowest BCUT2D eigenvalue weighted by Gasteiger charge is -2.23. The number of thiophene rings is 1. The fraction of sp³-hybridized carbons (Fsp3) is 0.353. The summed E-state index contributed by atoms with van der Waals surface area (Å²) in [5, 5.41) is 2.59. The molecule has 1 aliphatic rings. The third-order valence-corrected chi connectivity index (χ3v) is 6.97. The topological polar surface area (TPSA) is 78.5 Å². The molecule has 0 saturated carbocycles. The average molecular weight is 380 g/mol. The predicted molar refractivity (Wildman–Crippen MR) is 98.6 cm³/mol. The summed E-state index contributed by atoms with van der Waals surface area (Å²) in [6.07, 6.45) is 1.57. The van der Waals surface area contributed by atoms with Gasteiger partial charge in [0.05, 0.1) is 10.9 Å². The number of carbonyl (C=O) groups is 1. The van der Waals surface area contributed by atoms with Gasteiger partial charge in [-0.1, -0.05) is 30.3 Å². The molecule has 134 valence electrons. The van der Waals surface area contributed by atoms with Crippen molar-refractivity contribution in [3.8, 4) is 0 Å². The first-order valence-electron chi connectivity index (χ1n) is 8.13. The maximum atomic E-state index is 12.7. The molecule has 3 rings (SSSR count). The maximum Gasteiger partial charge on any atom is 0.280 e. The van der Waals surface area contributed by atoms with Crippen molar-refractivity contribution < 1.29 is 13.2 Å². The van der Waals surface area contributed by atoms with Gasteiger partial charge in [-0.2, -0.15) is 17.4 Å². The fourth-order valence-electron chi connectivity index (χ4n) is 2.94. The van der Waals surface area contributed by atoms with E-state index in [4.69, 9.17) is 0 Å². The third kappa shape index (κ3) is 4.09. The van der Waals surface area contributed by atoms with Crippen molar-refractivity contribution in [1.29, 1.82) is 0 Å². The van der Waals surface area contributed by atoms with Crippen LogP contribution < -0.4 is 10.0 Å². The van der Waals surface area contributed by atoms with E-state index in [0.717, 1.165) is 23.3 Å². The Bertz CT molecular complexity index is 834. The van der Waals surface area contributed by atoms with Crippen LogP contribution in [-0.4, -0.2) is 32.2 Å². The van der Waals surface area contributed by atoms with Crippen LogP contribution in [0.4, 0.5) is 0 Å². The molecule has 0 spiro atoms. The first kappa shape index (κ1) is 18.1. The SMILES string of the molecule is CNC(=O)c1ccc([C@H]2CCCN2S(=O)(=O)NCc2ccccc2)s1. The molecular weight excluding hydrogens is 358 g/mol. The monoisotopic (exact) mass is 379 g/mol. The Morgan fingerprint density at radius 2 is 2.00 bits per heavy atom. The molecule has 25 heavy (non-hydrogen) atoms. The van der Waals surface area contributed by atoms with Crippen LogP contribution >= 0.6 is 11.3 Å². The summed E-state index contributed by atoms with van der Waals surface area (Å²) >= 11 is 1.35. The molecule has 2 aromatic rings. The van der Waals surface area contributed by atoms with E-state index in [1.165, 1.54) is 15.6 Å². The van der Waals surface area contributed by atoms with Crippen molar-refractivity contribution in [1.82, 2.24) is 14.3 Å². The van der Waals surface area contributed by atoms with E-state index >= 15 is 0 Å². The van der Waals surface area contributed by atoms with Crippen LogP contribution in [0.5, 0.6) is 0 Å². The Morgan fingerprint density at radius 1 is 1.24 bits per heavy atom. The molecular formula is C17H21N3O3S2. The molecule has 1 aromatic carbocycles. The lowest BCUT2D eigenvalue weighted by molar-refractivity contribution is 0.0967. The molecule has 1 aliphatic heterocycles. The van der Waals surface area contributed by atoms with Crippen molar-refractivity contribution in [3.05, 3.63) is 57.8 Å². The third-order valence-electron chi connectivity index (χ3n) is 4.22. The Kier molecular flexibility index (Phi) is 5.53. The molecule has 0 aliphatic carbocycles. The smallest absolute Gasteiger partial charge is 0.280 e. The van der Waals surface area contributed by atoms with Crippen molar-refractivity contribution in [2.75, 3.05) is 13.6 Å². The Hall–Kier alpha value is -1.74. The molecule has 0 bridgehead atoms. The van der Waals surface area contributed by atoms with Crippen LogP contribution in [-0.2, 0) is 16.8 Å². The van der Waals surface area contributed by atoms with Crippen LogP contribution in [0, 0.1) is 0 Å². The number of rotatable bonds is 6. The minimum Gasteiger partial charge on any atom is -0.354 e. The van der Waals surface area contributed by atoms with Gasteiger partial charge in [-0.05, 0) is 30.5 Å². The minimum absolute atomic E-state index is 0.147. The molecule has 6 nitrogen and oxygen atoms in total. The van der Waals surface area contributed by atoms with E-state index in [1.54, 1.807) is 13.1 Å². The number of carbonyl (C=O) groups excluding carboxylic acids is 1. The summed E-state index contributed by atoms with van der Waals surface area (Å²) in [5.41, 5.74) is 0.917. The fourth-order valence-corrected chi connectivity index (χ4v) is 5.55. The van der Waals surface area contributed by atoms with Gasteiger partial charge in [0, 0.05) is 25.0 Å². The summed E-state index contributed by atoms with van der Waals surface area (Å²) in [7, 11) is -2.00. The lowest BCUT2D eigenvalue weighted by Crippen LogP contribution is -2.39. The van der Waals surface area contributed by atoms with Crippen molar-refractivity contribution in [2.45, 2.75) is 25.4 Å². The Labute approximate surface area is 152 Å². The van der Waals surface area contributed by atoms with Crippen molar-refractivity contribution >= 4 is 27.5 Å². The summed E-state index contributed by atoms with van der Waals surface area (Å²) in [5.74, 6) is -0.147. The van der Waals surface area contributed by atoms with Crippen molar-refractivity contribution in [2.24, 2.45) is 0 Å². The van der Waals surface area contributed by atoms with Gasteiger partial charge in [-0.15, -0.1) is 11.3 Å². The zero-order valence-electron chi connectivity index (χ0n) is 13.9. The van der Waals surface area contributed by atoms with Gasteiger partial charge >= 0.3 is 0 Å². The second kappa shape index (κ2) is 7.65. The van der Waals surface area contributed by atoms with Gasteiger partial charge in [-0.25, -0.2) is 0 Å². The van der Waals surface area contributed by atoms with E-state index in [0.29, 0.717) is 11.4 Å². The molecule has 0 radical (unpaired) electrons. The van der Waals surface area contributed by atoms with Gasteiger partial charge < -0.3 is 5.32 Å². The van der Waals surface area contributed by atoms with Gasteiger partial charge in [0.1, 0.15) is 0 Å². The summed E-state index contributed by atoms with van der Waals surface area (Å²) in [6.45, 7) is 0.752. The first-order valence-corrected chi connectivity index (χ1v) is 10.4. The van der Waals surface area contributed by atoms with Crippen molar-refractivity contribution in [3.63, 3.8) is 0 Å². The second-order valence-electron chi connectivity index (χ2n) is 5.86. The minimum atomic E-state index is -3.58. The maximum absolute atomic E-state index is 12.7. The van der Waals surface area contributed by atoms with E-state index in [9.17, 15) is 13.2 Å². The Morgan fingerprint density at radius 3 is 2.72 bits per heavy atom. The lowest BCUT2D eigenvalue weighted by atomic mass is 10.2. The highest BCUT2D eigenvalue weighted by atomic mass is 32.2. The average Bonchev–Trinajstić information content (AvgIpc) is 3.29. The van der Waals surface area contributed by atoms with E-state index in [-0.39, 0.29) is 18.5 Å². The number of hydrogen-bond acceptors (Lipinski definition) is 4. The quantitative estimate of drug-likeness (QED) is 0.808. The van der Waals surface area contributed by atoms with Gasteiger partial charge in [0.15, 0.2) is 0 Å². The number of nitrogens with one attached hydrogen (secondary N) is 2. The van der Waals surface area contributed by atoms with Gasteiger partial charge in [0.25, 0.3) is 16.1 Å². The Balaban J connectivity index is 1.73. The molecule has 0 unspecified atom stereocenters. The van der Waals surface area contributed by atoms with E-state index < -0.39 is 10.2 Å². The summed E-state index contributed by atoms with van der Waals surface area (Å²) in [6, 6.07) is 12.8. The van der Waals surface area contributed by atoms with Crippen LogP contribution in [0.15, 0.2) is 42.5 Å². The zero-order valence-corrected chi connectivity index (χ0v) is 15.6. The largest absolute Gasteiger partial charge is 0.354 e. The molecule has 1 atom stereocenters. The van der Waals surface area contributed by atoms with Crippen LogP contribution in [0.2, 0.25) is 0 Å². The molecule has 1 saturated heterocycles. The number of nitrogens with zero attached hydrogens (tertiary/aromatic N) is 1. The molecule has 2 N–H and O–H groups in total. The highest BCUT2D eigenvalue weighted by Gasteiger charge is 2.36. The van der Waals surface area contributed by atoms with Crippen LogP contribution in [0.3, 0.4) is 0 Å². The first-order chi connectivity index (χ1) is 12.0. The van der Waals surface area contributed by atoms with Crippen LogP contribution in [0.25, 0.3) is 0 Å². The highest BCUT2D eigenvalue weighted by molar-refractivity contribution is 7.87. The number of hydrogen-bond donors (Lipinski definition) is 2. The van der Waals surface area contributed by atoms with E-state index in [2.05, 4.69) is 10.0 Å². The molecule has 8 heteroatoms. The molecule has 1 amide bonds. The molecule has 1 aromatic heterocycles. The summed E-state index contributed by atoms with van der Waals surface area (Å²) in [4.78, 5) is 13.2.